The Kier molecular flexibility index (Phi) is 30.0. The topological polar surface area (TPSA) is 307 Å². The first-order chi connectivity index (χ1) is 32.3. The summed E-state index contributed by atoms with van der Waals surface area (Å²) in [5.74, 6) is -0.292. The van der Waals surface area contributed by atoms with Crippen molar-refractivity contribution in [1.82, 2.24) is 5.32 Å². The van der Waals surface area contributed by atoms with Gasteiger partial charge in [-0.1, -0.05) is 128 Å². The number of hydrogen-bond acceptors (Lipinski definition) is 18. The third-order valence-electron chi connectivity index (χ3n) is 12.8. The number of aliphatic hydroxyl groups is 11. The van der Waals surface area contributed by atoms with Crippen molar-refractivity contribution in [2.24, 2.45) is 0 Å². The van der Waals surface area contributed by atoms with E-state index in [-0.39, 0.29) is 18.9 Å². The fraction of sp³-hybridized carbons (Fsp3) is 0.896. The fourth-order valence-corrected chi connectivity index (χ4v) is 8.50. The van der Waals surface area contributed by atoms with Crippen LogP contribution in [0.5, 0.6) is 0 Å². The van der Waals surface area contributed by atoms with E-state index in [0.717, 1.165) is 38.5 Å². The number of hydrogen-bond donors (Lipinski definition) is 12. The second-order valence-corrected chi connectivity index (χ2v) is 18.3. The largest absolute Gasteiger partial charge is 0.394 e. The normalized spacial score (nSPS) is 33.7. The first-order valence-corrected chi connectivity index (χ1v) is 25.1. The molecular formula is C48H87NO18. The molecule has 0 aromatic carbocycles. The number of amides is 1. The van der Waals surface area contributed by atoms with Crippen LogP contribution in [0.15, 0.2) is 24.3 Å². The lowest BCUT2D eigenvalue weighted by molar-refractivity contribution is -0.379. The Balaban J connectivity index is 1.59. The van der Waals surface area contributed by atoms with Gasteiger partial charge in [-0.15, -0.1) is 0 Å². The highest BCUT2D eigenvalue weighted by molar-refractivity contribution is 5.76. The van der Waals surface area contributed by atoms with Gasteiger partial charge in [0.1, 0.15) is 73.2 Å². The van der Waals surface area contributed by atoms with Crippen LogP contribution in [0, 0.1) is 0 Å². The Morgan fingerprint density at radius 2 is 0.955 bits per heavy atom. The molecule has 0 radical (unpaired) electrons. The summed E-state index contributed by atoms with van der Waals surface area (Å²) in [7, 11) is 0. The summed E-state index contributed by atoms with van der Waals surface area (Å²) in [6.45, 7) is 1.61. The standard InChI is InChI=1S/C48H87NO18/c1-3-5-7-9-11-13-14-15-16-18-19-21-23-25-32(53)31(49-36(54)26-24-22-20-17-12-10-8-6-4-2)30-62-46-42(60)39(57)44(34(28-51)64-46)67-48-43(61)40(58)45(35(29-52)65-48)66-47-41(59)38(56)37(55)33(27-50)63-47/h16,18,23,25,31-35,37-48,50-53,55-61H,3-15,17,19-22,24,26-30H2,1-2H3,(H,49,54)/b18-16+,25-23+. The zero-order valence-corrected chi connectivity index (χ0v) is 39.9. The monoisotopic (exact) mass is 966 g/mol. The molecule has 3 rings (SSSR count). The molecule has 3 heterocycles. The highest BCUT2D eigenvalue weighted by atomic mass is 16.8. The van der Waals surface area contributed by atoms with Crippen LogP contribution in [0.3, 0.4) is 0 Å². The maximum Gasteiger partial charge on any atom is 0.220 e. The van der Waals surface area contributed by atoms with E-state index in [4.69, 9.17) is 28.4 Å². The van der Waals surface area contributed by atoms with Crippen molar-refractivity contribution in [2.75, 3.05) is 26.4 Å². The predicted molar refractivity (Wildman–Crippen MR) is 245 cm³/mol. The average Bonchev–Trinajstić information content (AvgIpc) is 3.32. The lowest BCUT2D eigenvalue weighted by Crippen LogP contribution is -2.66. The maximum atomic E-state index is 13.1. The van der Waals surface area contributed by atoms with Gasteiger partial charge in [-0.05, 0) is 32.1 Å². The minimum Gasteiger partial charge on any atom is -0.394 e. The van der Waals surface area contributed by atoms with Crippen molar-refractivity contribution in [3.8, 4) is 0 Å². The van der Waals surface area contributed by atoms with Crippen molar-refractivity contribution in [3.63, 3.8) is 0 Å². The van der Waals surface area contributed by atoms with Crippen LogP contribution in [-0.2, 0) is 33.2 Å². The van der Waals surface area contributed by atoms with E-state index in [0.29, 0.717) is 12.8 Å². The first-order valence-electron chi connectivity index (χ1n) is 25.1. The molecule has 0 aliphatic carbocycles. The Hall–Kier alpha value is -1.73. The Morgan fingerprint density at radius 1 is 0.522 bits per heavy atom. The summed E-state index contributed by atoms with van der Waals surface area (Å²) in [4.78, 5) is 13.1. The Bertz CT molecular complexity index is 1340. The zero-order valence-electron chi connectivity index (χ0n) is 39.9. The summed E-state index contributed by atoms with van der Waals surface area (Å²) >= 11 is 0. The molecule has 0 bridgehead atoms. The van der Waals surface area contributed by atoms with E-state index in [2.05, 4.69) is 31.3 Å². The maximum absolute atomic E-state index is 13.1. The number of nitrogens with one attached hydrogen (secondary N) is 1. The van der Waals surface area contributed by atoms with Crippen molar-refractivity contribution in [2.45, 2.75) is 247 Å². The molecule has 0 aromatic heterocycles. The van der Waals surface area contributed by atoms with Gasteiger partial charge in [0.2, 0.25) is 5.91 Å². The van der Waals surface area contributed by atoms with Crippen molar-refractivity contribution >= 4 is 5.91 Å². The summed E-state index contributed by atoms with van der Waals surface area (Å²) in [6, 6.07) is -0.981. The smallest absolute Gasteiger partial charge is 0.220 e. The minimum absolute atomic E-state index is 0.237. The molecule has 12 N–H and O–H groups in total. The van der Waals surface area contributed by atoms with Gasteiger partial charge in [0.25, 0.3) is 0 Å². The average molecular weight is 966 g/mol. The number of unbranched alkanes of at least 4 members (excludes halogenated alkanes) is 16. The highest BCUT2D eigenvalue weighted by Crippen LogP contribution is 2.33. The molecule has 19 heteroatoms. The SMILES string of the molecule is CCCCCCCCC/C=C/CC/C=C/C(O)C(COC1OC(CO)C(OC2OC(CO)C(OC3OC(CO)C(O)C(O)C3O)C(O)C2O)C(O)C1O)NC(=O)CCCCCCCCCCC. The number of ether oxygens (including phenoxy) is 6. The Labute approximate surface area is 397 Å². The lowest BCUT2D eigenvalue weighted by atomic mass is 9.96. The van der Waals surface area contributed by atoms with Gasteiger partial charge in [0.05, 0.1) is 38.6 Å². The molecule has 17 unspecified atom stereocenters. The Morgan fingerprint density at radius 3 is 1.49 bits per heavy atom. The van der Waals surface area contributed by atoms with Gasteiger partial charge in [-0.25, -0.2) is 0 Å². The summed E-state index contributed by atoms with van der Waals surface area (Å²) in [5, 5.41) is 119. The first kappa shape index (κ1) is 59.6. The fourth-order valence-electron chi connectivity index (χ4n) is 8.50. The van der Waals surface area contributed by atoms with Gasteiger partial charge in [-0.3, -0.25) is 4.79 Å². The van der Waals surface area contributed by atoms with Crippen LogP contribution in [-0.4, -0.2) is 193 Å². The molecule has 3 fully saturated rings. The lowest BCUT2D eigenvalue weighted by Gasteiger charge is -2.48. The number of allylic oxidation sites excluding steroid dienone is 3. The van der Waals surface area contributed by atoms with Crippen molar-refractivity contribution in [1.29, 1.82) is 0 Å². The number of carbonyl (C=O) groups is 1. The van der Waals surface area contributed by atoms with Crippen LogP contribution in [0.25, 0.3) is 0 Å². The highest BCUT2D eigenvalue weighted by Gasteiger charge is 2.53. The van der Waals surface area contributed by atoms with Gasteiger partial charge in [-0.2, -0.15) is 0 Å². The van der Waals surface area contributed by atoms with Gasteiger partial charge < -0.3 is 89.9 Å². The molecule has 67 heavy (non-hydrogen) atoms. The second-order valence-electron chi connectivity index (χ2n) is 18.3. The van der Waals surface area contributed by atoms with E-state index in [1.54, 1.807) is 6.08 Å². The molecule has 0 aromatic rings. The molecule has 17 atom stereocenters. The van der Waals surface area contributed by atoms with E-state index in [9.17, 15) is 61.0 Å². The van der Waals surface area contributed by atoms with Crippen LogP contribution >= 0.6 is 0 Å². The van der Waals surface area contributed by atoms with Crippen LogP contribution in [0.1, 0.15) is 142 Å². The molecule has 392 valence electrons. The van der Waals surface area contributed by atoms with E-state index < -0.39 is 124 Å². The molecular weight excluding hydrogens is 879 g/mol. The summed E-state index contributed by atoms with van der Waals surface area (Å²) < 4.78 is 34.0. The van der Waals surface area contributed by atoms with E-state index >= 15 is 0 Å². The second kappa shape index (κ2) is 33.8. The van der Waals surface area contributed by atoms with Crippen molar-refractivity contribution in [3.05, 3.63) is 24.3 Å². The van der Waals surface area contributed by atoms with Crippen molar-refractivity contribution < 1.29 is 89.4 Å². The van der Waals surface area contributed by atoms with E-state index in [1.165, 1.54) is 70.6 Å². The van der Waals surface area contributed by atoms with Crippen LogP contribution in [0.2, 0.25) is 0 Å². The number of carbonyl (C=O) groups excluding carboxylic acids is 1. The summed E-state index contributed by atoms with van der Waals surface area (Å²) in [5.41, 5.74) is 0. The number of rotatable bonds is 34. The third-order valence-corrected chi connectivity index (χ3v) is 12.8. The molecule has 3 aliphatic heterocycles. The molecule has 3 aliphatic rings. The molecule has 0 spiro atoms. The quantitative estimate of drug-likeness (QED) is 0.0319. The van der Waals surface area contributed by atoms with Gasteiger partial charge in [0, 0.05) is 6.42 Å². The van der Waals surface area contributed by atoms with Gasteiger partial charge >= 0.3 is 0 Å². The predicted octanol–water partition coefficient (Wildman–Crippen LogP) is 1.25. The molecule has 1 amide bonds. The van der Waals surface area contributed by atoms with Crippen LogP contribution < -0.4 is 5.32 Å². The van der Waals surface area contributed by atoms with E-state index in [1.807, 2.05) is 6.08 Å². The molecule has 0 saturated carbocycles. The molecule has 3 saturated heterocycles. The van der Waals surface area contributed by atoms with Gasteiger partial charge in [0.15, 0.2) is 18.9 Å². The molecule has 19 nitrogen and oxygen atoms in total. The zero-order chi connectivity index (χ0) is 49.1. The summed E-state index contributed by atoms with van der Waals surface area (Å²) in [6.07, 6.45) is 2.05. The minimum atomic E-state index is -1.98. The third kappa shape index (κ3) is 20.1. The van der Waals surface area contributed by atoms with Crippen LogP contribution in [0.4, 0.5) is 0 Å². The number of aliphatic hydroxyl groups excluding tert-OH is 11.